The molecule has 3 rings (SSSR count). The lowest BCUT2D eigenvalue weighted by Gasteiger charge is -2.33. The van der Waals surface area contributed by atoms with Crippen molar-refractivity contribution in [2.45, 2.75) is 25.4 Å². The monoisotopic (exact) mass is 324 g/mol. The van der Waals surface area contributed by atoms with Crippen molar-refractivity contribution in [2.24, 2.45) is 13.0 Å². The average Bonchev–Trinajstić information content (AvgIpc) is 2.83. The maximum Gasteiger partial charge on any atom is 0.393 e. The molecule has 0 radical (unpaired) electrons. The van der Waals surface area contributed by atoms with Gasteiger partial charge in [-0.05, 0) is 24.5 Å². The Morgan fingerprint density at radius 2 is 2.04 bits per heavy atom. The van der Waals surface area contributed by atoms with Gasteiger partial charge in [0.05, 0.1) is 12.3 Å². The number of hydrogen-bond acceptors (Lipinski definition) is 1. The molecule has 0 N–H and O–H groups in total. The molecule has 1 saturated heterocycles. The number of aromatic nitrogens is 1. The molecule has 1 aromatic carbocycles. The zero-order valence-electron chi connectivity index (χ0n) is 12.9. The second kappa shape index (κ2) is 5.91. The minimum Gasteiger partial charge on any atom is -0.350 e. The Morgan fingerprint density at radius 3 is 2.78 bits per heavy atom. The van der Waals surface area contributed by atoms with E-state index in [0.717, 1.165) is 16.5 Å². The second-order valence-corrected chi connectivity index (χ2v) is 6.18. The molecule has 6 heteroatoms. The second-order valence-electron chi connectivity index (χ2n) is 6.18. The van der Waals surface area contributed by atoms with Crippen molar-refractivity contribution in [2.75, 3.05) is 13.1 Å². The van der Waals surface area contributed by atoms with Crippen LogP contribution in [0, 0.1) is 5.92 Å². The fourth-order valence-electron chi connectivity index (χ4n) is 3.31. The molecule has 0 unspecified atom stereocenters. The van der Waals surface area contributed by atoms with Crippen molar-refractivity contribution in [3.05, 3.63) is 36.0 Å². The molecule has 2 aromatic rings. The number of carbonyl (C=O) groups is 1. The molecular formula is C17H19F3N2O. The van der Waals surface area contributed by atoms with Gasteiger partial charge in [0.25, 0.3) is 0 Å². The zero-order chi connectivity index (χ0) is 16.6. The number of aryl methyl sites for hydroxylation is 1. The molecule has 1 fully saturated rings. The molecule has 23 heavy (non-hydrogen) atoms. The Kier molecular flexibility index (Phi) is 4.08. The van der Waals surface area contributed by atoms with Gasteiger partial charge in [-0.3, -0.25) is 4.79 Å². The van der Waals surface area contributed by atoms with Crippen LogP contribution in [0.25, 0.3) is 10.9 Å². The fourth-order valence-corrected chi connectivity index (χ4v) is 3.31. The first-order valence-corrected chi connectivity index (χ1v) is 7.73. The number of nitrogens with zero attached hydrogens (tertiary/aromatic N) is 2. The number of rotatable bonds is 2. The highest BCUT2D eigenvalue weighted by atomic mass is 19.4. The number of amides is 1. The van der Waals surface area contributed by atoms with E-state index >= 15 is 0 Å². The lowest BCUT2D eigenvalue weighted by Crippen LogP contribution is -2.45. The van der Waals surface area contributed by atoms with Crippen molar-refractivity contribution in [1.29, 1.82) is 0 Å². The molecule has 1 aromatic heterocycles. The van der Waals surface area contributed by atoms with Crippen LogP contribution in [0.4, 0.5) is 13.2 Å². The van der Waals surface area contributed by atoms with E-state index in [0.29, 0.717) is 13.0 Å². The van der Waals surface area contributed by atoms with Gasteiger partial charge in [0.15, 0.2) is 0 Å². The lowest BCUT2D eigenvalue weighted by molar-refractivity contribution is -0.187. The van der Waals surface area contributed by atoms with E-state index in [1.165, 1.54) is 4.90 Å². The number of piperidine rings is 1. The van der Waals surface area contributed by atoms with Crippen LogP contribution in [0.2, 0.25) is 0 Å². The van der Waals surface area contributed by atoms with Gasteiger partial charge in [-0.1, -0.05) is 18.2 Å². The van der Waals surface area contributed by atoms with Crippen LogP contribution < -0.4 is 0 Å². The van der Waals surface area contributed by atoms with Crippen LogP contribution in [-0.4, -0.2) is 34.6 Å². The Hall–Kier alpha value is -1.98. The van der Waals surface area contributed by atoms with Crippen LogP contribution in [0.5, 0.6) is 0 Å². The highest BCUT2D eigenvalue weighted by Gasteiger charge is 2.42. The molecule has 1 aliphatic rings. The van der Waals surface area contributed by atoms with E-state index in [2.05, 4.69) is 0 Å². The first-order valence-electron chi connectivity index (χ1n) is 7.73. The molecule has 0 saturated carbocycles. The summed E-state index contributed by atoms with van der Waals surface area (Å²) in [5.41, 5.74) is 1.88. The van der Waals surface area contributed by atoms with E-state index in [1.54, 1.807) is 0 Å². The summed E-state index contributed by atoms with van der Waals surface area (Å²) in [6, 6.07) is 7.72. The van der Waals surface area contributed by atoms with Gasteiger partial charge in [0, 0.05) is 37.2 Å². The quantitative estimate of drug-likeness (QED) is 0.830. The topological polar surface area (TPSA) is 25.2 Å². The first kappa shape index (κ1) is 15.9. The highest BCUT2D eigenvalue weighted by molar-refractivity contribution is 5.89. The summed E-state index contributed by atoms with van der Waals surface area (Å²) < 4.78 is 40.6. The highest BCUT2D eigenvalue weighted by Crippen LogP contribution is 2.33. The molecule has 0 spiro atoms. The molecular weight excluding hydrogens is 305 g/mol. The predicted molar refractivity (Wildman–Crippen MR) is 82.0 cm³/mol. The summed E-state index contributed by atoms with van der Waals surface area (Å²) in [5, 5.41) is 0.979. The molecule has 0 bridgehead atoms. The normalized spacial score (nSPS) is 19.3. The Bertz CT molecular complexity index is 720. The van der Waals surface area contributed by atoms with Crippen molar-refractivity contribution < 1.29 is 18.0 Å². The van der Waals surface area contributed by atoms with E-state index in [1.807, 2.05) is 42.1 Å². The Morgan fingerprint density at radius 1 is 1.30 bits per heavy atom. The number of alkyl halides is 3. The third-order valence-electron chi connectivity index (χ3n) is 4.56. The average molecular weight is 324 g/mol. The third-order valence-corrected chi connectivity index (χ3v) is 4.56. The number of halogens is 3. The molecule has 2 heterocycles. The van der Waals surface area contributed by atoms with E-state index < -0.39 is 12.1 Å². The first-order chi connectivity index (χ1) is 10.9. The minimum atomic E-state index is -4.22. The maximum atomic E-state index is 12.9. The SMILES string of the molecule is Cn1cc(CC(=O)N2CCC[C@H](C(F)(F)F)C2)c2ccccc21. The largest absolute Gasteiger partial charge is 0.393 e. The molecule has 1 atom stereocenters. The van der Waals surface area contributed by atoms with Crippen LogP contribution in [0.1, 0.15) is 18.4 Å². The van der Waals surface area contributed by atoms with Gasteiger partial charge >= 0.3 is 6.18 Å². The van der Waals surface area contributed by atoms with Gasteiger partial charge in [0.2, 0.25) is 5.91 Å². The van der Waals surface area contributed by atoms with Gasteiger partial charge in [-0.25, -0.2) is 0 Å². The summed E-state index contributed by atoms with van der Waals surface area (Å²) in [5.74, 6) is -1.62. The van der Waals surface area contributed by atoms with Gasteiger partial charge < -0.3 is 9.47 Å². The molecule has 124 valence electrons. The summed E-state index contributed by atoms with van der Waals surface area (Å²) in [4.78, 5) is 13.8. The molecule has 0 aliphatic carbocycles. The van der Waals surface area contributed by atoms with E-state index in [9.17, 15) is 18.0 Å². The van der Waals surface area contributed by atoms with E-state index in [-0.39, 0.29) is 25.3 Å². The minimum absolute atomic E-state index is 0.113. The molecule has 1 aliphatic heterocycles. The lowest BCUT2D eigenvalue weighted by atomic mass is 9.97. The van der Waals surface area contributed by atoms with Crippen molar-refractivity contribution in [1.82, 2.24) is 9.47 Å². The fraction of sp³-hybridized carbons (Fsp3) is 0.471. The number of hydrogen-bond donors (Lipinski definition) is 0. The number of carbonyl (C=O) groups excluding carboxylic acids is 1. The number of benzene rings is 1. The Balaban J connectivity index is 1.76. The summed E-state index contributed by atoms with van der Waals surface area (Å²) in [6.07, 6.45) is -1.68. The standard InChI is InChI=1S/C17H19F3N2O/c1-21-10-12(14-6-2-3-7-15(14)21)9-16(23)22-8-4-5-13(11-22)17(18,19)20/h2-3,6-7,10,13H,4-5,8-9,11H2,1H3/t13-/m0/s1. The maximum absolute atomic E-state index is 12.9. The van der Waals surface area contributed by atoms with Crippen LogP contribution >= 0.6 is 0 Å². The number of para-hydroxylation sites is 1. The van der Waals surface area contributed by atoms with Crippen LogP contribution in [0.3, 0.4) is 0 Å². The van der Waals surface area contributed by atoms with Crippen LogP contribution in [-0.2, 0) is 18.3 Å². The number of likely N-dealkylation sites (tertiary alicyclic amines) is 1. The summed E-state index contributed by atoms with van der Waals surface area (Å²) >= 11 is 0. The van der Waals surface area contributed by atoms with E-state index in [4.69, 9.17) is 0 Å². The van der Waals surface area contributed by atoms with Crippen molar-refractivity contribution >= 4 is 16.8 Å². The number of fused-ring (bicyclic) bond motifs is 1. The smallest absolute Gasteiger partial charge is 0.350 e. The third kappa shape index (κ3) is 3.21. The summed E-state index contributed by atoms with van der Waals surface area (Å²) in [7, 11) is 1.90. The van der Waals surface area contributed by atoms with Gasteiger partial charge in [-0.15, -0.1) is 0 Å². The van der Waals surface area contributed by atoms with Crippen molar-refractivity contribution in [3.8, 4) is 0 Å². The van der Waals surface area contributed by atoms with Gasteiger partial charge in [0.1, 0.15) is 0 Å². The van der Waals surface area contributed by atoms with Crippen molar-refractivity contribution in [3.63, 3.8) is 0 Å². The van der Waals surface area contributed by atoms with Crippen LogP contribution in [0.15, 0.2) is 30.5 Å². The molecule has 3 nitrogen and oxygen atoms in total. The molecule has 1 amide bonds. The summed E-state index contributed by atoms with van der Waals surface area (Å²) in [6.45, 7) is 0.198. The predicted octanol–water partition coefficient (Wildman–Crippen LogP) is 3.52. The van der Waals surface area contributed by atoms with Gasteiger partial charge in [-0.2, -0.15) is 13.2 Å². The zero-order valence-corrected chi connectivity index (χ0v) is 12.9. The Labute approximate surface area is 132 Å².